The number of phenols is 2. The highest BCUT2D eigenvalue weighted by Crippen LogP contribution is 2.46. The molecule has 0 aliphatic heterocycles. The second kappa shape index (κ2) is 11.7. The van der Waals surface area contributed by atoms with Crippen molar-refractivity contribution in [3.63, 3.8) is 0 Å². The first-order chi connectivity index (χ1) is 17.0. The zero-order valence-corrected chi connectivity index (χ0v) is 25.5. The number of aromatic hydroxyl groups is 2. The lowest BCUT2D eigenvalue weighted by Gasteiger charge is -2.26. The van der Waals surface area contributed by atoms with Crippen LogP contribution in [-0.2, 0) is 13.0 Å². The molecule has 0 bridgehead atoms. The van der Waals surface area contributed by atoms with Gasteiger partial charge in [-0.15, -0.1) is 0 Å². The molecule has 0 aromatic heterocycles. The minimum atomic E-state index is -1.78. The average Bonchev–Trinajstić information content (AvgIpc) is 2.77. The largest absolute Gasteiger partial charge is 0.507 e. The van der Waals surface area contributed by atoms with Crippen LogP contribution in [0.1, 0.15) is 79.8 Å². The van der Waals surface area contributed by atoms with Gasteiger partial charge in [0.25, 0.3) is 0 Å². The smallest absolute Gasteiger partial charge is 0.219 e. The third-order valence-electron chi connectivity index (χ3n) is 6.40. The second-order valence-electron chi connectivity index (χ2n) is 10.4. The maximum Gasteiger partial charge on any atom is 0.219 e. The number of rotatable bonds is 4. The van der Waals surface area contributed by atoms with Gasteiger partial charge in [0.05, 0.1) is 12.1 Å². The van der Waals surface area contributed by atoms with E-state index >= 15 is 0 Å². The lowest BCUT2D eigenvalue weighted by Crippen LogP contribution is -2.27. The Kier molecular flexibility index (Phi) is 9.69. The van der Waals surface area contributed by atoms with Crippen molar-refractivity contribution in [2.75, 3.05) is 0 Å². The van der Waals surface area contributed by atoms with Gasteiger partial charge in [-0.25, -0.2) is 0 Å². The first kappa shape index (κ1) is 30.7. The molecule has 202 valence electrons. The SMILES string of the molecule is Cc1cc(C=NC2CCCCC2N=Cc2cc(C(C)(C)C)cc(C(Cl)(Cl)Cl)c2O)c(O)c(C(Cl)(Cl)Cl)c1. The molecule has 0 amide bonds. The number of hydrogen-bond donors (Lipinski definition) is 2. The van der Waals surface area contributed by atoms with Crippen molar-refractivity contribution in [3.8, 4) is 11.5 Å². The highest BCUT2D eigenvalue weighted by molar-refractivity contribution is 6.67. The van der Waals surface area contributed by atoms with Gasteiger partial charge in [-0.1, -0.05) is 103 Å². The van der Waals surface area contributed by atoms with Gasteiger partial charge in [0, 0.05) is 34.7 Å². The summed E-state index contributed by atoms with van der Waals surface area (Å²) in [5.74, 6) is -0.232. The first-order valence-corrected chi connectivity index (χ1v) is 14.2. The maximum absolute atomic E-state index is 10.9. The first-order valence-electron chi connectivity index (χ1n) is 11.9. The van der Waals surface area contributed by atoms with E-state index in [1.807, 2.05) is 33.8 Å². The molecule has 2 N–H and O–H groups in total. The van der Waals surface area contributed by atoms with Crippen molar-refractivity contribution in [1.82, 2.24) is 0 Å². The molecule has 0 saturated heterocycles. The van der Waals surface area contributed by atoms with Crippen LogP contribution in [0.15, 0.2) is 34.3 Å². The van der Waals surface area contributed by atoms with E-state index in [-0.39, 0.29) is 40.1 Å². The quantitative estimate of drug-likeness (QED) is 0.262. The molecule has 1 aliphatic carbocycles. The average molecular weight is 627 g/mol. The Balaban J connectivity index is 1.95. The Bertz CT molecular complexity index is 1190. The summed E-state index contributed by atoms with van der Waals surface area (Å²) in [6, 6.07) is 6.75. The third kappa shape index (κ3) is 7.84. The highest BCUT2D eigenvalue weighted by atomic mass is 35.6. The van der Waals surface area contributed by atoms with Crippen LogP contribution in [0.3, 0.4) is 0 Å². The van der Waals surface area contributed by atoms with Crippen molar-refractivity contribution in [1.29, 1.82) is 0 Å². The Morgan fingerprint density at radius 2 is 1.16 bits per heavy atom. The lowest BCUT2D eigenvalue weighted by atomic mass is 9.85. The van der Waals surface area contributed by atoms with Crippen LogP contribution >= 0.6 is 69.6 Å². The van der Waals surface area contributed by atoms with Crippen LogP contribution in [0.25, 0.3) is 0 Å². The van der Waals surface area contributed by atoms with Crippen LogP contribution < -0.4 is 0 Å². The molecule has 0 spiro atoms. The van der Waals surface area contributed by atoms with Crippen LogP contribution in [0.5, 0.6) is 11.5 Å². The maximum atomic E-state index is 10.9. The summed E-state index contributed by atoms with van der Waals surface area (Å²) in [6.45, 7) is 7.99. The zero-order valence-electron chi connectivity index (χ0n) is 21.0. The third-order valence-corrected chi connectivity index (χ3v) is 7.63. The summed E-state index contributed by atoms with van der Waals surface area (Å²) >= 11 is 36.6. The number of benzene rings is 2. The summed E-state index contributed by atoms with van der Waals surface area (Å²) < 4.78 is -3.54. The Hall–Kier alpha value is -0.880. The van der Waals surface area contributed by atoms with Crippen molar-refractivity contribution in [2.45, 2.75) is 78.5 Å². The van der Waals surface area contributed by atoms with Crippen molar-refractivity contribution in [2.24, 2.45) is 9.98 Å². The summed E-state index contributed by atoms with van der Waals surface area (Å²) in [4.78, 5) is 9.55. The number of phenolic OH excluding ortho intramolecular Hbond substituents is 2. The van der Waals surface area contributed by atoms with Crippen LogP contribution in [0.4, 0.5) is 0 Å². The van der Waals surface area contributed by atoms with Gasteiger partial charge in [0.15, 0.2) is 0 Å². The van der Waals surface area contributed by atoms with E-state index in [2.05, 4.69) is 0 Å². The topological polar surface area (TPSA) is 65.2 Å². The van der Waals surface area contributed by atoms with E-state index < -0.39 is 7.59 Å². The zero-order chi connectivity index (χ0) is 27.8. The van der Waals surface area contributed by atoms with E-state index in [9.17, 15) is 10.2 Å². The van der Waals surface area contributed by atoms with E-state index in [0.717, 1.165) is 36.8 Å². The lowest BCUT2D eigenvalue weighted by molar-refractivity contribution is 0.390. The molecule has 1 aliphatic rings. The molecule has 2 unspecified atom stereocenters. The Morgan fingerprint density at radius 1 is 0.730 bits per heavy atom. The van der Waals surface area contributed by atoms with Crippen LogP contribution in [0.2, 0.25) is 0 Å². The molecule has 2 aromatic carbocycles. The second-order valence-corrected chi connectivity index (χ2v) is 15.0. The van der Waals surface area contributed by atoms with Crippen molar-refractivity contribution < 1.29 is 10.2 Å². The van der Waals surface area contributed by atoms with Crippen LogP contribution in [-0.4, -0.2) is 34.7 Å². The molecule has 3 rings (SSSR count). The molecule has 2 aromatic rings. The summed E-state index contributed by atoms with van der Waals surface area (Å²) in [7, 11) is 0. The number of halogens is 6. The monoisotopic (exact) mass is 624 g/mol. The summed E-state index contributed by atoms with van der Waals surface area (Å²) in [5, 5.41) is 21.6. The summed E-state index contributed by atoms with van der Waals surface area (Å²) in [5.41, 5.74) is 2.87. The van der Waals surface area contributed by atoms with Gasteiger partial charge in [0.1, 0.15) is 11.5 Å². The Morgan fingerprint density at radius 3 is 1.59 bits per heavy atom. The van der Waals surface area contributed by atoms with E-state index in [1.54, 1.807) is 30.6 Å². The number of alkyl halides is 6. The van der Waals surface area contributed by atoms with Gasteiger partial charge in [-0.2, -0.15) is 0 Å². The van der Waals surface area contributed by atoms with Gasteiger partial charge in [0.2, 0.25) is 7.59 Å². The minimum Gasteiger partial charge on any atom is -0.507 e. The van der Waals surface area contributed by atoms with E-state index in [0.29, 0.717) is 11.1 Å². The van der Waals surface area contributed by atoms with Crippen molar-refractivity contribution in [3.05, 3.63) is 57.6 Å². The summed E-state index contributed by atoms with van der Waals surface area (Å²) in [6.07, 6.45) is 6.92. The number of aryl methyl sites for hydroxylation is 1. The number of hydrogen-bond acceptors (Lipinski definition) is 4. The molecule has 37 heavy (non-hydrogen) atoms. The van der Waals surface area contributed by atoms with Gasteiger partial charge in [-0.3, -0.25) is 9.98 Å². The molecule has 2 atom stereocenters. The number of aliphatic imine (C=N–C) groups is 2. The van der Waals surface area contributed by atoms with Crippen LogP contribution in [0, 0.1) is 6.92 Å². The van der Waals surface area contributed by atoms with E-state index in [1.165, 1.54) is 0 Å². The molecular weight excluding hydrogens is 597 g/mol. The van der Waals surface area contributed by atoms with Gasteiger partial charge < -0.3 is 10.2 Å². The molecule has 4 nitrogen and oxygen atoms in total. The molecule has 0 radical (unpaired) electrons. The fraction of sp³-hybridized carbons (Fsp3) is 0.481. The fourth-order valence-electron chi connectivity index (χ4n) is 4.32. The van der Waals surface area contributed by atoms with Gasteiger partial charge >= 0.3 is 0 Å². The molecular formula is C27H30Cl6N2O2. The molecule has 1 saturated carbocycles. The van der Waals surface area contributed by atoms with Crippen molar-refractivity contribution >= 4 is 82.0 Å². The molecule has 0 heterocycles. The highest BCUT2D eigenvalue weighted by Gasteiger charge is 2.31. The fourth-order valence-corrected chi connectivity index (χ4v) is 5.18. The molecule has 10 heteroatoms. The van der Waals surface area contributed by atoms with E-state index in [4.69, 9.17) is 79.6 Å². The Labute approximate surface area is 248 Å². The van der Waals surface area contributed by atoms with Gasteiger partial charge in [-0.05, 0) is 60.6 Å². The predicted octanol–water partition coefficient (Wildman–Crippen LogP) is 9.21. The molecule has 1 fully saturated rings. The normalized spacial score (nSPS) is 19.7. The number of nitrogens with zero attached hydrogens (tertiary/aromatic N) is 2. The standard InChI is InChI=1S/C27H30Cl6N2O2/c1-15-9-16(23(36)19(10-15)26(28,29)30)13-34-21-7-5-6-8-22(21)35-14-17-11-18(25(2,3)4)12-20(24(17)37)27(31,32)33/h9-14,21-22,36-37H,5-8H2,1-4H3. The predicted molar refractivity (Wildman–Crippen MR) is 159 cm³/mol. The minimum absolute atomic E-state index is 0.114.